The van der Waals surface area contributed by atoms with Crippen molar-refractivity contribution in [2.75, 3.05) is 58.6 Å². The van der Waals surface area contributed by atoms with E-state index in [4.69, 9.17) is 24.1 Å². The minimum atomic E-state index is -4.21. The highest BCUT2D eigenvalue weighted by atomic mass is 32.2. The Balaban J connectivity index is 1.73. The lowest BCUT2D eigenvalue weighted by Crippen LogP contribution is -2.42. The average Bonchev–Trinajstić information content (AvgIpc) is 2.84. The zero-order chi connectivity index (χ0) is 26.3. The molecule has 1 aliphatic heterocycles. The summed E-state index contributed by atoms with van der Waals surface area (Å²) in [7, 11) is -5.05. The molecule has 0 aromatic heterocycles. The van der Waals surface area contributed by atoms with Crippen LogP contribution < -0.4 is 24.2 Å². The van der Waals surface area contributed by atoms with Crippen molar-refractivity contribution in [1.29, 1.82) is 0 Å². The molecule has 2 aromatic carbocycles. The molecule has 13 heteroatoms. The van der Waals surface area contributed by atoms with E-state index >= 15 is 0 Å². The standard InChI is InChI=1S/C23H33N3O8S2/c1-4-32-11-12-33-10-9-26(2)21-8-7-20(15-23(21)35(24,27)28)36(29,30)25-18-13-17-5-6-19(31-3)14-22(17)34-16-18/h5-8,14-15,18,25H,4,9-13,16H2,1-3H3,(H2,24,27,28). The molecule has 36 heavy (non-hydrogen) atoms. The van der Waals surface area contributed by atoms with Crippen LogP contribution in [0.3, 0.4) is 0 Å². The van der Waals surface area contributed by atoms with Crippen molar-refractivity contribution >= 4 is 25.7 Å². The summed E-state index contributed by atoms with van der Waals surface area (Å²) in [6.45, 7) is 4.17. The fourth-order valence-corrected chi connectivity index (χ4v) is 5.86. The van der Waals surface area contributed by atoms with E-state index < -0.39 is 26.1 Å². The number of anilines is 1. The van der Waals surface area contributed by atoms with Crippen LogP contribution in [0.1, 0.15) is 12.5 Å². The second-order valence-electron chi connectivity index (χ2n) is 8.21. The molecule has 0 fully saturated rings. The second-order valence-corrected chi connectivity index (χ2v) is 11.5. The van der Waals surface area contributed by atoms with Gasteiger partial charge in [0, 0.05) is 26.3 Å². The van der Waals surface area contributed by atoms with Crippen LogP contribution in [0.25, 0.3) is 0 Å². The average molecular weight is 544 g/mol. The first kappa shape index (κ1) is 28.2. The van der Waals surface area contributed by atoms with Crippen molar-refractivity contribution in [3.8, 4) is 11.5 Å². The van der Waals surface area contributed by atoms with Gasteiger partial charge in [0.15, 0.2) is 0 Å². The molecule has 3 rings (SSSR count). The van der Waals surface area contributed by atoms with Gasteiger partial charge in [-0.25, -0.2) is 26.7 Å². The van der Waals surface area contributed by atoms with Gasteiger partial charge in [0.2, 0.25) is 20.0 Å². The number of primary sulfonamides is 1. The molecular weight excluding hydrogens is 510 g/mol. The molecular formula is C23H33N3O8S2. The maximum absolute atomic E-state index is 13.1. The van der Waals surface area contributed by atoms with E-state index in [0.717, 1.165) is 11.6 Å². The molecule has 200 valence electrons. The van der Waals surface area contributed by atoms with Crippen molar-refractivity contribution in [3.05, 3.63) is 42.0 Å². The van der Waals surface area contributed by atoms with Gasteiger partial charge in [-0.3, -0.25) is 0 Å². The Labute approximate surface area is 212 Å². The number of ether oxygens (including phenoxy) is 4. The Bertz CT molecular complexity index is 1250. The molecule has 1 heterocycles. The highest BCUT2D eigenvalue weighted by Gasteiger charge is 2.28. The van der Waals surface area contributed by atoms with E-state index in [9.17, 15) is 16.8 Å². The van der Waals surface area contributed by atoms with E-state index in [1.165, 1.54) is 12.1 Å². The van der Waals surface area contributed by atoms with E-state index in [-0.39, 0.29) is 22.1 Å². The number of nitrogens with one attached hydrogen (secondary N) is 1. The number of methoxy groups -OCH3 is 1. The summed E-state index contributed by atoms with van der Waals surface area (Å²) in [5.74, 6) is 1.28. The van der Waals surface area contributed by atoms with E-state index in [1.54, 1.807) is 31.2 Å². The number of hydrogen-bond donors (Lipinski definition) is 2. The number of likely N-dealkylation sites (N-methyl/N-ethyl adjacent to an activating group) is 1. The quantitative estimate of drug-likeness (QED) is 0.355. The van der Waals surface area contributed by atoms with Crippen LogP contribution in [-0.4, -0.2) is 76.6 Å². The zero-order valence-electron chi connectivity index (χ0n) is 20.6. The minimum absolute atomic E-state index is 0.117. The van der Waals surface area contributed by atoms with Crippen molar-refractivity contribution < 1.29 is 35.8 Å². The third-order valence-corrected chi connectivity index (χ3v) is 8.07. The normalized spacial score (nSPS) is 15.7. The molecule has 0 aliphatic carbocycles. The highest BCUT2D eigenvalue weighted by molar-refractivity contribution is 7.90. The number of sulfonamides is 2. The minimum Gasteiger partial charge on any atom is -0.497 e. The SMILES string of the molecule is CCOCCOCCN(C)c1ccc(S(=O)(=O)NC2COc3cc(OC)ccc3C2)cc1S(N)(=O)=O. The van der Waals surface area contributed by atoms with Gasteiger partial charge in [-0.1, -0.05) is 6.07 Å². The Morgan fingerprint density at radius 3 is 2.53 bits per heavy atom. The zero-order valence-corrected chi connectivity index (χ0v) is 22.2. The Kier molecular flexibility index (Phi) is 9.55. The van der Waals surface area contributed by atoms with Crippen LogP contribution in [0.15, 0.2) is 46.2 Å². The number of nitrogens with two attached hydrogens (primary N) is 1. The largest absolute Gasteiger partial charge is 0.497 e. The molecule has 0 bridgehead atoms. The number of nitrogens with zero attached hydrogens (tertiary/aromatic N) is 1. The summed E-state index contributed by atoms with van der Waals surface area (Å²) in [6, 6.07) is 8.65. The maximum Gasteiger partial charge on any atom is 0.240 e. The number of benzene rings is 2. The first-order valence-corrected chi connectivity index (χ1v) is 14.4. The predicted octanol–water partition coefficient (Wildman–Crippen LogP) is 1.11. The van der Waals surface area contributed by atoms with E-state index in [2.05, 4.69) is 4.72 Å². The van der Waals surface area contributed by atoms with Crippen molar-refractivity contribution in [1.82, 2.24) is 4.72 Å². The van der Waals surface area contributed by atoms with Gasteiger partial charge in [-0.2, -0.15) is 0 Å². The monoisotopic (exact) mass is 543 g/mol. The Morgan fingerprint density at radius 1 is 1.08 bits per heavy atom. The number of rotatable bonds is 13. The van der Waals surface area contributed by atoms with Crippen LogP contribution in [0.4, 0.5) is 5.69 Å². The van der Waals surface area contributed by atoms with Crippen molar-refractivity contribution in [2.45, 2.75) is 29.2 Å². The third kappa shape index (κ3) is 7.31. The maximum atomic E-state index is 13.1. The molecule has 11 nitrogen and oxygen atoms in total. The molecule has 0 spiro atoms. The molecule has 3 N–H and O–H groups in total. The van der Waals surface area contributed by atoms with Gasteiger partial charge >= 0.3 is 0 Å². The van der Waals surface area contributed by atoms with Gasteiger partial charge in [0.25, 0.3) is 0 Å². The highest BCUT2D eigenvalue weighted by Crippen LogP contribution is 2.30. The third-order valence-electron chi connectivity index (χ3n) is 5.61. The predicted molar refractivity (Wildman–Crippen MR) is 135 cm³/mol. The Hall–Kier alpha value is -2.42. The summed E-state index contributed by atoms with van der Waals surface area (Å²) in [6.07, 6.45) is 0.407. The molecule has 0 saturated heterocycles. The first-order valence-electron chi connectivity index (χ1n) is 11.4. The van der Waals surface area contributed by atoms with Crippen LogP contribution in [-0.2, 0) is 35.9 Å². The van der Waals surface area contributed by atoms with Gasteiger partial charge < -0.3 is 23.8 Å². The van der Waals surface area contributed by atoms with Gasteiger partial charge in [0.05, 0.1) is 43.6 Å². The summed E-state index contributed by atoms with van der Waals surface area (Å²) < 4.78 is 75.0. The van der Waals surface area contributed by atoms with Crippen LogP contribution >= 0.6 is 0 Å². The van der Waals surface area contributed by atoms with Gasteiger partial charge in [0.1, 0.15) is 23.0 Å². The number of fused-ring (bicyclic) bond motifs is 1. The van der Waals surface area contributed by atoms with Crippen molar-refractivity contribution in [3.63, 3.8) is 0 Å². The molecule has 0 amide bonds. The molecule has 1 atom stereocenters. The topological polar surface area (TPSA) is 146 Å². The molecule has 0 radical (unpaired) electrons. The smallest absolute Gasteiger partial charge is 0.240 e. The summed E-state index contributed by atoms with van der Waals surface area (Å²) in [5.41, 5.74) is 1.11. The van der Waals surface area contributed by atoms with Gasteiger partial charge in [-0.15, -0.1) is 0 Å². The Morgan fingerprint density at radius 2 is 1.83 bits per heavy atom. The second kappa shape index (κ2) is 12.2. The molecule has 2 aromatic rings. The summed E-state index contributed by atoms with van der Waals surface area (Å²) in [4.78, 5) is 1.14. The van der Waals surface area contributed by atoms with Crippen molar-refractivity contribution in [2.24, 2.45) is 5.14 Å². The summed E-state index contributed by atoms with van der Waals surface area (Å²) >= 11 is 0. The lowest BCUT2D eigenvalue weighted by Gasteiger charge is -2.26. The lowest BCUT2D eigenvalue weighted by molar-refractivity contribution is 0.0558. The van der Waals surface area contributed by atoms with E-state index in [1.807, 2.05) is 13.0 Å². The number of hydrogen-bond acceptors (Lipinski definition) is 9. The lowest BCUT2D eigenvalue weighted by atomic mass is 10.0. The van der Waals surface area contributed by atoms with E-state index in [0.29, 0.717) is 50.9 Å². The summed E-state index contributed by atoms with van der Waals surface area (Å²) in [5, 5.41) is 5.43. The van der Waals surface area contributed by atoms with Gasteiger partial charge in [-0.05, 0) is 43.2 Å². The first-order chi connectivity index (χ1) is 17.0. The van der Waals surface area contributed by atoms with Crippen LogP contribution in [0.2, 0.25) is 0 Å². The van der Waals surface area contributed by atoms with Crippen LogP contribution in [0, 0.1) is 0 Å². The molecule has 1 unspecified atom stereocenters. The molecule has 1 aliphatic rings. The fraction of sp³-hybridized carbons (Fsp3) is 0.478. The molecule has 0 saturated carbocycles. The van der Waals surface area contributed by atoms with Crippen LogP contribution in [0.5, 0.6) is 11.5 Å². The fourth-order valence-electron chi connectivity index (χ4n) is 3.73.